The highest BCUT2D eigenvalue weighted by Gasteiger charge is 2.25. The van der Waals surface area contributed by atoms with Crippen LogP contribution in [0.25, 0.3) is 0 Å². The summed E-state index contributed by atoms with van der Waals surface area (Å²) in [5.74, 6) is -0.316. The molecule has 0 saturated carbocycles. The summed E-state index contributed by atoms with van der Waals surface area (Å²) in [6.45, 7) is 3.36. The number of Topliss-reactive ketones (excluding diaryl/α,β-unsaturated/α-hetero) is 1. The lowest BCUT2D eigenvalue weighted by Gasteiger charge is -2.14. The summed E-state index contributed by atoms with van der Waals surface area (Å²) in [5, 5.41) is 0. The van der Waals surface area contributed by atoms with Gasteiger partial charge in [0.1, 0.15) is 11.7 Å². The van der Waals surface area contributed by atoms with Crippen LogP contribution in [0.15, 0.2) is 18.2 Å². The molecule has 5 heteroatoms. The zero-order valence-electron chi connectivity index (χ0n) is 12.3. The molecule has 1 rings (SSSR count). The second-order valence-corrected chi connectivity index (χ2v) is 4.31. The van der Waals surface area contributed by atoms with Crippen molar-refractivity contribution in [1.29, 1.82) is 0 Å². The van der Waals surface area contributed by atoms with Crippen LogP contribution in [0.1, 0.15) is 19.4 Å². The van der Waals surface area contributed by atoms with E-state index in [1.54, 1.807) is 32.2 Å². The molecule has 1 aromatic rings. The maximum Gasteiger partial charge on any atom is 0.316 e. The Morgan fingerprint density at radius 2 is 1.80 bits per heavy atom. The lowest BCUT2D eigenvalue weighted by Crippen LogP contribution is -2.26. The monoisotopic (exact) mass is 280 g/mol. The van der Waals surface area contributed by atoms with E-state index in [1.165, 1.54) is 14.0 Å². The van der Waals surface area contributed by atoms with Gasteiger partial charge in [-0.1, -0.05) is 6.07 Å². The van der Waals surface area contributed by atoms with Crippen molar-refractivity contribution >= 4 is 11.8 Å². The number of rotatable bonds is 7. The summed E-state index contributed by atoms with van der Waals surface area (Å²) >= 11 is 0. The van der Waals surface area contributed by atoms with Gasteiger partial charge in [0.2, 0.25) is 0 Å². The van der Waals surface area contributed by atoms with Crippen molar-refractivity contribution in [2.75, 3.05) is 20.8 Å². The maximum atomic E-state index is 11.8. The molecule has 0 radical (unpaired) electrons. The van der Waals surface area contributed by atoms with E-state index in [-0.39, 0.29) is 18.8 Å². The molecule has 0 aromatic heterocycles. The van der Waals surface area contributed by atoms with Crippen molar-refractivity contribution in [2.24, 2.45) is 5.92 Å². The fraction of sp³-hybridized carbons (Fsp3) is 0.467. The summed E-state index contributed by atoms with van der Waals surface area (Å²) < 4.78 is 15.3. The summed E-state index contributed by atoms with van der Waals surface area (Å²) in [6.07, 6.45) is 0.286. The first kappa shape index (κ1) is 16.0. The van der Waals surface area contributed by atoms with Gasteiger partial charge in [0, 0.05) is 0 Å². The number of ether oxygens (including phenoxy) is 3. The highest BCUT2D eigenvalue weighted by atomic mass is 16.5. The number of esters is 1. The number of methoxy groups -OCH3 is 2. The van der Waals surface area contributed by atoms with Crippen LogP contribution in [0.3, 0.4) is 0 Å². The second kappa shape index (κ2) is 7.53. The van der Waals surface area contributed by atoms with Gasteiger partial charge in [-0.25, -0.2) is 0 Å². The van der Waals surface area contributed by atoms with Gasteiger partial charge in [-0.15, -0.1) is 0 Å². The molecule has 1 aromatic carbocycles. The molecule has 0 amide bonds. The average Bonchev–Trinajstić information content (AvgIpc) is 2.44. The molecule has 1 atom stereocenters. The Morgan fingerprint density at radius 3 is 2.30 bits per heavy atom. The lowest BCUT2D eigenvalue weighted by molar-refractivity contribution is -0.151. The third-order valence-corrected chi connectivity index (χ3v) is 2.95. The molecule has 0 saturated heterocycles. The molecule has 0 spiro atoms. The van der Waals surface area contributed by atoms with E-state index in [4.69, 9.17) is 14.2 Å². The zero-order chi connectivity index (χ0) is 15.1. The fourth-order valence-corrected chi connectivity index (χ4v) is 1.88. The van der Waals surface area contributed by atoms with Gasteiger partial charge in [0.15, 0.2) is 11.5 Å². The Bertz CT molecular complexity index is 481. The number of ketones is 1. The Balaban J connectivity index is 2.94. The third kappa shape index (κ3) is 3.98. The average molecular weight is 280 g/mol. The van der Waals surface area contributed by atoms with Gasteiger partial charge in [0.05, 0.1) is 20.8 Å². The van der Waals surface area contributed by atoms with E-state index < -0.39 is 11.9 Å². The van der Waals surface area contributed by atoms with Gasteiger partial charge >= 0.3 is 5.97 Å². The number of carbonyl (C=O) groups excluding carboxylic acids is 2. The van der Waals surface area contributed by atoms with E-state index in [1.807, 2.05) is 0 Å². The van der Waals surface area contributed by atoms with E-state index in [0.717, 1.165) is 5.56 Å². The van der Waals surface area contributed by atoms with Crippen LogP contribution in [0, 0.1) is 5.92 Å². The molecule has 20 heavy (non-hydrogen) atoms. The van der Waals surface area contributed by atoms with Gasteiger partial charge in [-0.3, -0.25) is 9.59 Å². The standard InChI is InChI=1S/C15H20O5/c1-5-20-15(17)12(10(2)16)8-11-6-7-13(18-3)14(9-11)19-4/h6-7,9,12H,5,8H2,1-4H3/t12-/m0/s1. The minimum absolute atomic E-state index is 0.210. The molecule has 110 valence electrons. The van der Waals surface area contributed by atoms with Crippen molar-refractivity contribution < 1.29 is 23.8 Å². The molecule has 0 heterocycles. The highest BCUT2D eigenvalue weighted by molar-refractivity contribution is 5.98. The molecule has 5 nitrogen and oxygen atoms in total. The van der Waals surface area contributed by atoms with Crippen molar-refractivity contribution in [1.82, 2.24) is 0 Å². The Kier molecular flexibility index (Phi) is 6.03. The minimum Gasteiger partial charge on any atom is -0.493 e. The first-order chi connectivity index (χ1) is 9.53. The number of benzene rings is 1. The molecule has 0 aliphatic rings. The summed E-state index contributed by atoms with van der Waals surface area (Å²) in [5.41, 5.74) is 0.816. The summed E-state index contributed by atoms with van der Waals surface area (Å²) in [4.78, 5) is 23.4. The quantitative estimate of drug-likeness (QED) is 0.565. The molecule has 0 fully saturated rings. The van der Waals surface area contributed by atoms with E-state index in [9.17, 15) is 9.59 Å². The largest absolute Gasteiger partial charge is 0.493 e. The highest BCUT2D eigenvalue weighted by Crippen LogP contribution is 2.28. The van der Waals surface area contributed by atoms with Crippen LogP contribution in [0.5, 0.6) is 11.5 Å². The molecule has 0 aliphatic carbocycles. The topological polar surface area (TPSA) is 61.8 Å². The number of carbonyl (C=O) groups is 2. The van der Waals surface area contributed by atoms with Gasteiger partial charge in [-0.2, -0.15) is 0 Å². The van der Waals surface area contributed by atoms with Gasteiger partial charge in [0.25, 0.3) is 0 Å². The fourth-order valence-electron chi connectivity index (χ4n) is 1.88. The summed E-state index contributed by atoms with van der Waals surface area (Å²) in [6, 6.07) is 5.31. The normalized spacial score (nSPS) is 11.6. The van der Waals surface area contributed by atoms with Gasteiger partial charge in [-0.05, 0) is 38.0 Å². The van der Waals surface area contributed by atoms with Gasteiger partial charge < -0.3 is 14.2 Å². The van der Waals surface area contributed by atoms with E-state index in [2.05, 4.69) is 0 Å². The minimum atomic E-state index is -0.784. The molecule has 0 unspecified atom stereocenters. The van der Waals surface area contributed by atoms with Crippen molar-refractivity contribution in [3.63, 3.8) is 0 Å². The summed E-state index contributed by atoms with van der Waals surface area (Å²) in [7, 11) is 3.09. The molecule has 0 bridgehead atoms. The van der Waals surface area contributed by atoms with Crippen LogP contribution >= 0.6 is 0 Å². The predicted molar refractivity (Wildman–Crippen MR) is 74.1 cm³/mol. The van der Waals surface area contributed by atoms with Crippen LogP contribution < -0.4 is 9.47 Å². The Labute approximate surface area is 118 Å². The Hall–Kier alpha value is -2.04. The SMILES string of the molecule is CCOC(=O)[C@@H](Cc1ccc(OC)c(OC)c1)C(C)=O. The maximum absolute atomic E-state index is 11.8. The van der Waals surface area contributed by atoms with Crippen LogP contribution in [-0.2, 0) is 20.7 Å². The van der Waals surface area contributed by atoms with E-state index in [0.29, 0.717) is 11.5 Å². The van der Waals surface area contributed by atoms with Crippen LogP contribution in [-0.4, -0.2) is 32.6 Å². The predicted octanol–water partition coefficient (Wildman–Crippen LogP) is 2.01. The van der Waals surface area contributed by atoms with Crippen molar-refractivity contribution in [3.05, 3.63) is 23.8 Å². The molecule has 0 aliphatic heterocycles. The molecular weight excluding hydrogens is 260 g/mol. The zero-order valence-corrected chi connectivity index (χ0v) is 12.3. The Morgan fingerprint density at radius 1 is 1.15 bits per heavy atom. The smallest absolute Gasteiger partial charge is 0.316 e. The van der Waals surface area contributed by atoms with Crippen LogP contribution in [0.4, 0.5) is 0 Å². The first-order valence-electron chi connectivity index (χ1n) is 6.41. The van der Waals surface area contributed by atoms with Crippen LogP contribution in [0.2, 0.25) is 0 Å². The number of hydrogen-bond acceptors (Lipinski definition) is 5. The lowest BCUT2D eigenvalue weighted by atomic mass is 9.96. The second-order valence-electron chi connectivity index (χ2n) is 4.31. The third-order valence-electron chi connectivity index (χ3n) is 2.95. The molecule has 0 N–H and O–H groups in total. The van der Waals surface area contributed by atoms with Crippen molar-refractivity contribution in [2.45, 2.75) is 20.3 Å². The number of hydrogen-bond donors (Lipinski definition) is 0. The van der Waals surface area contributed by atoms with E-state index >= 15 is 0 Å². The molecular formula is C15H20O5. The van der Waals surface area contributed by atoms with Crippen molar-refractivity contribution in [3.8, 4) is 11.5 Å². The first-order valence-corrected chi connectivity index (χ1v) is 6.41.